The summed E-state index contributed by atoms with van der Waals surface area (Å²) in [5.41, 5.74) is 3.52. The predicted octanol–water partition coefficient (Wildman–Crippen LogP) is 0.0797. The fraction of sp³-hybridized carbons (Fsp3) is 0.647. The summed E-state index contributed by atoms with van der Waals surface area (Å²) in [6.07, 6.45) is 2.46. The van der Waals surface area contributed by atoms with Crippen molar-refractivity contribution in [2.24, 2.45) is 28.5 Å². The Bertz CT molecular complexity index is 756. The molecule has 2 atom stereocenters. The number of carbonyl (C=O) groups excluding carboxylic acids is 3. The molecule has 9 heteroatoms. The van der Waals surface area contributed by atoms with Gasteiger partial charge in [-0.3, -0.25) is 24.8 Å². The molecule has 0 radical (unpaired) electrons. The van der Waals surface area contributed by atoms with Crippen LogP contribution in [-0.4, -0.2) is 58.7 Å². The summed E-state index contributed by atoms with van der Waals surface area (Å²) in [6.45, 7) is 5.98. The Morgan fingerprint density at radius 2 is 1.88 bits per heavy atom. The van der Waals surface area contributed by atoms with Gasteiger partial charge in [0.25, 0.3) is 5.91 Å². The highest BCUT2D eigenvalue weighted by Crippen LogP contribution is 2.54. The molecule has 1 unspecified atom stereocenters. The Balaban J connectivity index is 1.48. The standard InChI is InChI=1S/C17H23N5O3S/c1-16(2)3-10(16)14(24)22-7-17(8-22)6-21(5-11(17)13(23)20-18)15(25)12-4-19-9-26-12/h4,9-11H,3,5-8,18H2,1-2H3,(H,20,23)/t10-,11?/m1/s1. The van der Waals surface area contributed by atoms with Gasteiger partial charge in [-0.1, -0.05) is 13.8 Å². The van der Waals surface area contributed by atoms with E-state index >= 15 is 0 Å². The van der Waals surface area contributed by atoms with Crippen LogP contribution in [0, 0.1) is 22.7 Å². The molecule has 1 spiro atoms. The number of hydrazine groups is 1. The van der Waals surface area contributed by atoms with Crippen LogP contribution in [-0.2, 0) is 9.59 Å². The molecular weight excluding hydrogens is 354 g/mol. The number of thiazole rings is 1. The average molecular weight is 377 g/mol. The fourth-order valence-corrected chi connectivity index (χ4v) is 4.95. The van der Waals surface area contributed by atoms with Gasteiger partial charge in [0.2, 0.25) is 11.8 Å². The van der Waals surface area contributed by atoms with Gasteiger partial charge in [-0.05, 0) is 11.8 Å². The Hall–Kier alpha value is -2.00. The summed E-state index contributed by atoms with van der Waals surface area (Å²) in [4.78, 5) is 45.6. The van der Waals surface area contributed by atoms with Crippen molar-refractivity contribution in [3.8, 4) is 0 Å². The maximum absolute atomic E-state index is 12.7. The summed E-state index contributed by atoms with van der Waals surface area (Å²) >= 11 is 1.28. The number of nitrogens with two attached hydrogens (primary N) is 1. The number of hydrogen-bond acceptors (Lipinski definition) is 6. The smallest absolute Gasteiger partial charge is 0.265 e. The van der Waals surface area contributed by atoms with E-state index in [-0.39, 0.29) is 29.1 Å². The number of nitrogens with one attached hydrogen (secondary N) is 1. The summed E-state index contributed by atoms with van der Waals surface area (Å²) in [5.74, 6) is 4.82. The zero-order chi connectivity index (χ0) is 18.7. The Labute approximate surface area is 155 Å². The van der Waals surface area contributed by atoms with Crippen LogP contribution in [0.2, 0.25) is 0 Å². The fourth-order valence-electron chi connectivity index (χ4n) is 4.36. The normalized spacial score (nSPS) is 28.0. The lowest BCUT2D eigenvalue weighted by atomic mass is 9.71. The summed E-state index contributed by atoms with van der Waals surface area (Å²) in [7, 11) is 0. The largest absolute Gasteiger partial charge is 0.341 e. The number of likely N-dealkylation sites (tertiary alicyclic amines) is 2. The highest BCUT2D eigenvalue weighted by Gasteiger charge is 2.61. The van der Waals surface area contributed by atoms with Crippen molar-refractivity contribution in [3.63, 3.8) is 0 Å². The van der Waals surface area contributed by atoms with Crippen LogP contribution in [0.5, 0.6) is 0 Å². The van der Waals surface area contributed by atoms with E-state index in [0.29, 0.717) is 31.1 Å². The first-order valence-electron chi connectivity index (χ1n) is 8.74. The summed E-state index contributed by atoms with van der Waals surface area (Å²) in [5, 5.41) is 0. The highest BCUT2D eigenvalue weighted by molar-refractivity contribution is 7.11. The van der Waals surface area contributed by atoms with Crippen LogP contribution in [0.3, 0.4) is 0 Å². The van der Waals surface area contributed by atoms with E-state index in [2.05, 4.69) is 24.3 Å². The quantitative estimate of drug-likeness (QED) is 0.441. The van der Waals surface area contributed by atoms with Gasteiger partial charge in [0.05, 0.1) is 17.6 Å². The first-order valence-corrected chi connectivity index (χ1v) is 9.62. The van der Waals surface area contributed by atoms with Crippen LogP contribution in [0.4, 0.5) is 0 Å². The Morgan fingerprint density at radius 1 is 1.23 bits per heavy atom. The van der Waals surface area contributed by atoms with Crippen molar-refractivity contribution in [2.45, 2.75) is 20.3 Å². The molecule has 26 heavy (non-hydrogen) atoms. The first-order chi connectivity index (χ1) is 12.3. The molecule has 3 fully saturated rings. The molecule has 8 nitrogen and oxygen atoms in total. The van der Waals surface area contributed by atoms with Crippen molar-refractivity contribution in [3.05, 3.63) is 16.6 Å². The van der Waals surface area contributed by atoms with Gasteiger partial charge in [-0.15, -0.1) is 11.3 Å². The van der Waals surface area contributed by atoms with E-state index in [1.54, 1.807) is 16.6 Å². The van der Waals surface area contributed by atoms with Crippen molar-refractivity contribution >= 4 is 29.1 Å². The van der Waals surface area contributed by atoms with E-state index in [1.165, 1.54) is 11.3 Å². The average Bonchev–Trinajstić information content (AvgIpc) is 3.03. The third-order valence-corrected chi connectivity index (χ3v) is 6.93. The van der Waals surface area contributed by atoms with E-state index in [1.807, 2.05) is 4.90 Å². The number of aromatic nitrogens is 1. The predicted molar refractivity (Wildman–Crippen MR) is 94.7 cm³/mol. The second kappa shape index (κ2) is 5.75. The third-order valence-electron chi connectivity index (χ3n) is 6.17. The molecule has 140 valence electrons. The van der Waals surface area contributed by atoms with Gasteiger partial charge in [0.1, 0.15) is 4.88 Å². The zero-order valence-electron chi connectivity index (χ0n) is 14.9. The molecule has 0 bridgehead atoms. The van der Waals surface area contributed by atoms with Gasteiger partial charge >= 0.3 is 0 Å². The van der Waals surface area contributed by atoms with Gasteiger partial charge in [0.15, 0.2) is 0 Å². The molecule has 1 aliphatic carbocycles. The lowest BCUT2D eigenvalue weighted by molar-refractivity contribution is -0.151. The SMILES string of the molecule is CC1(C)C[C@@H]1C(=O)N1CC2(CN(C(=O)c3cncs3)CC2C(=O)NN)C1. The number of nitrogens with zero attached hydrogens (tertiary/aromatic N) is 3. The molecule has 2 aliphatic heterocycles. The van der Waals surface area contributed by atoms with E-state index in [9.17, 15) is 14.4 Å². The molecule has 4 rings (SSSR count). The van der Waals surface area contributed by atoms with Crippen LogP contribution < -0.4 is 11.3 Å². The highest BCUT2D eigenvalue weighted by atomic mass is 32.1. The topological polar surface area (TPSA) is 109 Å². The lowest BCUT2D eigenvalue weighted by Gasteiger charge is -2.50. The first kappa shape index (κ1) is 17.4. The van der Waals surface area contributed by atoms with Gasteiger partial charge in [0, 0.05) is 37.5 Å². The van der Waals surface area contributed by atoms with Gasteiger partial charge < -0.3 is 9.80 Å². The minimum Gasteiger partial charge on any atom is -0.341 e. The van der Waals surface area contributed by atoms with Crippen LogP contribution in [0.15, 0.2) is 11.7 Å². The van der Waals surface area contributed by atoms with Crippen molar-refractivity contribution in [1.82, 2.24) is 20.2 Å². The van der Waals surface area contributed by atoms with Crippen LogP contribution in [0.1, 0.15) is 29.9 Å². The van der Waals surface area contributed by atoms with Gasteiger partial charge in [-0.25, -0.2) is 5.84 Å². The van der Waals surface area contributed by atoms with E-state index < -0.39 is 11.3 Å². The van der Waals surface area contributed by atoms with Crippen LogP contribution >= 0.6 is 11.3 Å². The van der Waals surface area contributed by atoms with E-state index in [4.69, 9.17) is 5.84 Å². The van der Waals surface area contributed by atoms with Crippen LogP contribution in [0.25, 0.3) is 0 Å². The minimum atomic E-state index is -0.404. The van der Waals surface area contributed by atoms with Gasteiger partial charge in [-0.2, -0.15) is 0 Å². The third kappa shape index (κ3) is 2.61. The molecule has 1 aromatic heterocycles. The zero-order valence-corrected chi connectivity index (χ0v) is 15.7. The summed E-state index contributed by atoms with van der Waals surface area (Å²) in [6, 6.07) is 0. The number of hydrogen-bond donors (Lipinski definition) is 2. The molecule has 0 aromatic carbocycles. The second-order valence-corrected chi connectivity index (χ2v) is 9.30. The number of rotatable bonds is 3. The second-order valence-electron chi connectivity index (χ2n) is 8.41. The maximum Gasteiger partial charge on any atom is 0.265 e. The minimum absolute atomic E-state index is 0.0811. The summed E-state index contributed by atoms with van der Waals surface area (Å²) < 4.78 is 0. The molecule has 3 aliphatic rings. The number of carbonyl (C=O) groups is 3. The molecular formula is C17H23N5O3S. The molecule has 1 saturated carbocycles. The molecule has 3 amide bonds. The Kier molecular flexibility index (Phi) is 3.85. The van der Waals surface area contributed by atoms with Crippen molar-refractivity contribution in [1.29, 1.82) is 0 Å². The molecule has 3 heterocycles. The maximum atomic E-state index is 12.7. The van der Waals surface area contributed by atoms with Crippen molar-refractivity contribution < 1.29 is 14.4 Å². The molecule has 3 N–H and O–H groups in total. The van der Waals surface area contributed by atoms with E-state index in [0.717, 1.165) is 6.42 Å². The van der Waals surface area contributed by atoms with Crippen molar-refractivity contribution in [2.75, 3.05) is 26.2 Å². The Morgan fingerprint density at radius 3 is 2.42 bits per heavy atom. The monoisotopic (exact) mass is 377 g/mol. The number of amides is 3. The molecule has 2 saturated heterocycles. The molecule has 1 aromatic rings. The lowest BCUT2D eigenvalue weighted by Crippen LogP contribution is -2.64.